The van der Waals surface area contributed by atoms with Crippen molar-refractivity contribution in [2.75, 3.05) is 19.7 Å². The van der Waals surface area contributed by atoms with Crippen LogP contribution in [0.4, 0.5) is 0 Å². The van der Waals surface area contributed by atoms with Gasteiger partial charge in [0.15, 0.2) is 0 Å². The Morgan fingerprint density at radius 1 is 1.00 bits per heavy atom. The number of rotatable bonds is 5. The van der Waals surface area contributed by atoms with E-state index in [1.54, 1.807) is 0 Å². The number of benzene rings is 2. The molecule has 0 radical (unpaired) electrons. The molecule has 0 unspecified atom stereocenters. The van der Waals surface area contributed by atoms with Crippen LogP contribution >= 0.6 is 11.6 Å². The maximum Gasteiger partial charge on any atom is 0.124 e. The number of likely N-dealkylation sites (tertiary alicyclic amines) is 1. The minimum atomic E-state index is 0.308. The first-order valence-corrected chi connectivity index (χ1v) is 9.62. The molecule has 2 heterocycles. The van der Waals surface area contributed by atoms with E-state index in [0.717, 1.165) is 55.4 Å². The number of hydrogen-bond acceptors (Lipinski definition) is 3. The summed E-state index contributed by atoms with van der Waals surface area (Å²) in [5, 5.41) is 10.1. The summed E-state index contributed by atoms with van der Waals surface area (Å²) < 4.78 is 2.32. The van der Waals surface area contributed by atoms with Crippen molar-refractivity contribution in [3.63, 3.8) is 0 Å². The molecule has 1 N–H and O–H groups in total. The van der Waals surface area contributed by atoms with Crippen molar-refractivity contribution < 1.29 is 5.11 Å². The van der Waals surface area contributed by atoms with E-state index in [2.05, 4.69) is 39.8 Å². The van der Waals surface area contributed by atoms with Crippen LogP contribution in [0.15, 0.2) is 48.5 Å². The lowest BCUT2D eigenvalue weighted by atomic mass is 9.98. The normalized spacial score (nSPS) is 16.4. The van der Waals surface area contributed by atoms with Crippen LogP contribution in [-0.2, 0) is 13.1 Å². The Bertz CT molecular complexity index is 867. The van der Waals surface area contributed by atoms with Crippen LogP contribution in [0.5, 0.6) is 0 Å². The third-order valence-corrected chi connectivity index (χ3v) is 5.57. The summed E-state index contributed by atoms with van der Waals surface area (Å²) in [6, 6.07) is 16.4. The first kappa shape index (κ1) is 17.5. The smallest absolute Gasteiger partial charge is 0.124 e. The van der Waals surface area contributed by atoms with Gasteiger partial charge in [-0.1, -0.05) is 35.9 Å². The number of fused-ring (bicyclic) bond motifs is 1. The van der Waals surface area contributed by atoms with Crippen LogP contribution in [0.1, 0.15) is 24.2 Å². The molecular weight excluding hydrogens is 346 g/mol. The molecule has 0 aliphatic carbocycles. The minimum absolute atomic E-state index is 0.308. The topological polar surface area (TPSA) is 41.3 Å². The number of imidazole rings is 1. The van der Waals surface area contributed by atoms with Gasteiger partial charge in [0.25, 0.3) is 0 Å². The molecule has 0 amide bonds. The summed E-state index contributed by atoms with van der Waals surface area (Å²) >= 11 is 6.03. The van der Waals surface area contributed by atoms with E-state index in [-0.39, 0.29) is 0 Å². The van der Waals surface area contributed by atoms with E-state index in [1.165, 1.54) is 11.1 Å². The SMILES string of the molecule is OCC1CCN(Cc2nc3ccccc3n2Cc2ccc(Cl)cc2)CC1. The summed E-state index contributed by atoms with van der Waals surface area (Å²) in [7, 11) is 0. The second-order valence-electron chi connectivity index (χ2n) is 7.13. The van der Waals surface area contributed by atoms with Crippen molar-refractivity contribution >= 4 is 22.6 Å². The first-order valence-electron chi connectivity index (χ1n) is 9.25. The van der Waals surface area contributed by atoms with E-state index in [0.29, 0.717) is 12.5 Å². The van der Waals surface area contributed by atoms with Gasteiger partial charge in [0.1, 0.15) is 5.82 Å². The van der Waals surface area contributed by atoms with Crippen LogP contribution in [-0.4, -0.2) is 39.3 Å². The Hall–Kier alpha value is -1.88. The molecule has 1 aliphatic rings. The van der Waals surface area contributed by atoms with E-state index in [1.807, 2.05) is 18.2 Å². The highest BCUT2D eigenvalue weighted by atomic mass is 35.5. The van der Waals surface area contributed by atoms with E-state index < -0.39 is 0 Å². The second kappa shape index (κ2) is 7.78. The first-order chi connectivity index (χ1) is 12.7. The number of halogens is 1. The van der Waals surface area contributed by atoms with Gasteiger partial charge in [-0.3, -0.25) is 4.90 Å². The third kappa shape index (κ3) is 3.78. The zero-order valence-electron chi connectivity index (χ0n) is 14.8. The number of piperidine rings is 1. The van der Waals surface area contributed by atoms with Gasteiger partial charge in [-0.15, -0.1) is 0 Å². The van der Waals surface area contributed by atoms with Gasteiger partial charge >= 0.3 is 0 Å². The Balaban J connectivity index is 1.60. The van der Waals surface area contributed by atoms with Crippen LogP contribution in [0.2, 0.25) is 5.02 Å². The Kier molecular flexibility index (Phi) is 5.25. The van der Waals surface area contributed by atoms with Crippen LogP contribution < -0.4 is 0 Å². The average molecular weight is 370 g/mol. The number of aromatic nitrogens is 2. The summed E-state index contributed by atoms with van der Waals surface area (Å²) in [6.45, 7) is 3.99. The highest BCUT2D eigenvalue weighted by molar-refractivity contribution is 6.30. The van der Waals surface area contributed by atoms with Crippen molar-refractivity contribution in [1.82, 2.24) is 14.5 Å². The number of aliphatic hydroxyl groups is 1. The van der Waals surface area contributed by atoms with Crippen molar-refractivity contribution in [2.45, 2.75) is 25.9 Å². The van der Waals surface area contributed by atoms with Gasteiger partial charge in [-0.2, -0.15) is 0 Å². The predicted molar refractivity (Wildman–Crippen MR) is 105 cm³/mol. The van der Waals surface area contributed by atoms with E-state index in [9.17, 15) is 5.11 Å². The molecule has 0 bridgehead atoms. The van der Waals surface area contributed by atoms with Crippen molar-refractivity contribution in [2.24, 2.45) is 5.92 Å². The van der Waals surface area contributed by atoms with Gasteiger partial charge in [-0.05, 0) is 61.7 Å². The molecule has 0 atom stereocenters. The molecule has 3 aromatic rings. The van der Waals surface area contributed by atoms with Gasteiger partial charge in [0.2, 0.25) is 0 Å². The lowest BCUT2D eigenvalue weighted by Gasteiger charge is -2.30. The molecule has 136 valence electrons. The zero-order valence-corrected chi connectivity index (χ0v) is 15.6. The fraction of sp³-hybridized carbons (Fsp3) is 0.381. The molecule has 4 rings (SSSR count). The largest absolute Gasteiger partial charge is 0.396 e. The van der Waals surface area contributed by atoms with Crippen LogP contribution in [0, 0.1) is 5.92 Å². The molecule has 1 fully saturated rings. The van der Waals surface area contributed by atoms with E-state index in [4.69, 9.17) is 16.6 Å². The van der Waals surface area contributed by atoms with Gasteiger partial charge < -0.3 is 9.67 Å². The predicted octanol–water partition coefficient (Wildman–Crippen LogP) is 3.94. The molecule has 0 saturated carbocycles. The standard InChI is InChI=1S/C21H24ClN3O/c22-18-7-5-16(6-8-18)13-25-20-4-2-1-3-19(20)23-21(25)14-24-11-9-17(15-26)10-12-24/h1-8,17,26H,9-15H2. The molecule has 5 heteroatoms. The molecule has 0 spiro atoms. The maximum atomic E-state index is 9.35. The van der Waals surface area contributed by atoms with E-state index >= 15 is 0 Å². The summed E-state index contributed by atoms with van der Waals surface area (Å²) in [6.07, 6.45) is 2.13. The lowest BCUT2D eigenvalue weighted by molar-refractivity contribution is 0.125. The van der Waals surface area contributed by atoms with Crippen molar-refractivity contribution in [3.05, 3.63) is 64.9 Å². The third-order valence-electron chi connectivity index (χ3n) is 5.32. The molecule has 4 nitrogen and oxygen atoms in total. The molecule has 26 heavy (non-hydrogen) atoms. The second-order valence-corrected chi connectivity index (χ2v) is 7.57. The van der Waals surface area contributed by atoms with Gasteiger partial charge in [0, 0.05) is 18.2 Å². The average Bonchev–Trinajstić information content (AvgIpc) is 3.01. The summed E-state index contributed by atoms with van der Waals surface area (Å²) in [5.41, 5.74) is 3.43. The number of nitrogens with zero attached hydrogens (tertiary/aromatic N) is 3. The summed E-state index contributed by atoms with van der Waals surface area (Å²) in [4.78, 5) is 7.36. The highest BCUT2D eigenvalue weighted by Crippen LogP contribution is 2.22. The quantitative estimate of drug-likeness (QED) is 0.740. The van der Waals surface area contributed by atoms with Gasteiger partial charge in [-0.25, -0.2) is 4.98 Å². The Labute approximate surface area is 159 Å². The number of para-hydroxylation sites is 2. The van der Waals surface area contributed by atoms with Crippen LogP contribution in [0.25, 0.3) is 11.0 Å². The zero-order chi connectivity index (χ0) is 17.9. The molecular formula is C21H24ClN3O. The molecule has 1 aliphatic heterocycles. The highest BCUT2D eigenvalue weighted by Gasteiger charge is 2.21. The molecule has 1 saturated heterocycles. The van der Waals surface area contributed by atoms with Crippen molar-refractivity contribution in [3.8, 4) is 0 Å². The number of aliphatic hydroxyl groups excluding tert-OH is 1. The lowest BCUT2D eigenvalue weighted by Crippen LogP contribution is -2.35. The molecule has 2 aromatic carbocycles. The fourth-order valence-corrected chi connectivity index (χ4v) is 3.85. The maximum absolute atomic E-state index is 9.35. The van der Waals surface area contributed by atoms with Crippen LogP contribution in [0.3, 0.4) is 0 Å². The Morgan fingerprint density at radius 3 is 2.46 bits per heavy atom. The van der Waals surface area contributed by atoms with Crippen molar-refractivity contribution in [1.29, 1.82) is 0 Å². The monoisotopic (exact) mass is 369 g/mol. The summed E-state index contributed by atoms with van der Waals surface area (Å²) in [5.74, 6) is 1.56. The van der Waals surface area contributed by atoms with Gasteiger partial charge in [0.05, 0.1) is 17.6 Å². The Morgan fingerprint density at radius 2 is 1.73 bits per heavy atom. The molecule has 1 aromatic heterocycles. The minimum Gasteiger partial charge on any atom is -0.396 e. The fourth-order valence-electron chi connectivity index (χ4n) is 3.72. The number of hydrogen-bond donors (Lipinski definition) is 1.